The van der Waals surface area contributed by atoms with Crippen molar-refractivity contribution in [2.75, 3.05) is 14.2 Å². The summed E-state index contributed by atoms with van der Waals surface area (Å²) in [5.41, 5.74) is 0.201. The molecular formula is C16H16O6S. The number of aromatic hydroxyl groups is 1. The number of methoxy groups -OCH3 is 2. The van der Waals surface area contributed by atoms with Gasteiger partial charge in [-0.2, -0.15) is 0 Å². The van der Waals surface area contributed by atoms with Crippen molar-refractivity contribution < 1.29 is 29.3 Å². The van der Waals surface area contributed by atoms with E-state index < -0.39 is 23.6 Å². The van der Waals surface area contributed by atoms with Gasteiger partial charge >= 0.3 is 5.97 Å². The van der Waals surface area contributed by atoms with E-state index >= 15 is 0 Å². The highest BCUT2D eigenvalue weighted by Gasteiger charge is 2.30. The van der Waals surface area contributed by atoms with Crippen LogP contribution in [0.2, 0.25) is 0 Å². The fourth-order valence-corrected chi connectivity index (χ4v) is 3.16. The maximum absolute atomic E-state index is 12.4. The lowest BCUT2D eigenvalue weighted by molar-refractivity contribution is 0.0595. The van der Waals surface area contributed by atoms with Crippen molar-refractivity contribution >= 4 is 23.1 Å². The zero-order valence-corrected chi connectivity index (χ0v) is 13.6. The third-order valence-corrected chi connectivity index (χ3v) is 4.47. The Kier molecular flexibility index (Phi) is 5.02. The number of carbonyl (C=O) groups excluding carboxylic acids is 2. The first-order chi connectivity index (χ1) is 10.9. The number of aliphatic hydroxyl groups excluding tert-OH is 1. The molecule has 0 fully saturated rings. The van der Waals surface area contributed by atoms with Crippen LogP contribution in [-0.2, 0) is 4.74 Å². The Morgan fingerprint density at radius 3 is 2.57 bits per heavy atom. The topological polar surface area (TPSA) is 93.1 Å². The molecule has 0 aliphatic heterocycles. The van der Waals surface area contributed by atoms with E-state index in [-0.39, 0.29) is 16.0 Å². The Bertz CT molecular complexity index is 749. The Morgan fingerprint density at radius 2 is 1.96 bits per heavy atom. The number of thiophene rings is 1. The van der Waals surface area contributed by atoms with Gasteiger partial charge in [-0.3, -0.25) is 4.79 Å². The molecule has 0 saturated heterocycles. The summed E-state index contributed by atoms with van der Waals surface area (Å²) in [5.74, 6) is -1.27. The number of aliphatic hydroxyl groups is 1. The van der Waals surface area contributed by atoms with Crippen molar-refractivity contribution in [3.05, 3.63) is 45.1 Å². The first-order valence-electron chi connectivity index (χ1n) is 6.67. The molecule has 0 radical (unpaired) electrons. The molecule has 0 spiro atoms. The summed E-state index contributed by atoms with van der Waals surface area (Å²) in [4.78, 5) is 24.5. The first-order valence-corrected chi connectivity index (χ1v) is 7.49. The van der Waals surface area contributed by atoms with Crippen molar-refractivity contribution in [2.45, 2.75) is 13.0 Å². The van der Waals surface area contributed by atoms with E-state index in [0.717, 1.165) is 11.3 Å². The second-order valence-corrected chi connectivity index (χ2v) is 5.99. The minimum absolute atomic E-state index is 0.00993. The lowest BCUT2D eigenvalue weighted by Crippen LogP contribution is -2.11. The molecule has 1 atom stereocenters. The quantitative estimate of drug-likeness (QED) is 0.643. The summed E-state index contributed by atoms with van der Waals surface area (Å²) in [7, 11) is 2.66. The van der Waals surface area contributed by atoms with E-state index in [1.54, 1.807) is 19.1 Å². The van der Waals surface area contributed by atoms with Crippen LogP contribution in [0.1, 0.15) is 36.6 Å². The molecule has 122 valence electrons. The third kappa shape index (κ3) is 3.20. The number of ketones is 1. The zero-order valence-electron chi connectivity index (χ0n) is 12.8. The molecule has 23 heavy (non-hydrogen) atoms. The second-order valence-electron chi connectivity index (χ2n) is 4.74. The lowest BCUT2D eigenvalue weighted by atomic mass is 10.0. The SMILES string of the molecule is COC(=O)c1c(C)sc([C@@H](O)C(=O)c2cccc(OC)c2)c1O. The molecule has 6 nitrogen and oxygen atoms in total. The van der Waals surface area contributed by atoms with E-state index in [1.165, 1.54) is 26.4 Å². The molecule has 1 aromatic carbocycles. The van der Waals surface area contributed by atoms with Crippen molar-refractivity contribution in [3.63, 3.8) is 0 Å². The third-order valence-electron chi connectivity index (χ3n) is 3.33. The molecule has 0 aliphatic carbocycles. The molecule has 0 saturated carbocycles. The molecule has 0 aliphatic rings. The van der Waals surface area contributed by atoms with Crippen LogP contribution in [0.3, 0.4) is 0 Å². The van der Waals surface area contributed by atoms with Gasteiger partial charge in [0.15, 0.2) is 11.9 Å². The summed E-state index contributed by atoms with van der Waals surface area (Å²) in [6.07, 6.45) is -1.58. The van der Waals surface area contributed by atoms with Gasteiger partial charge in [-0.1, -0.05) is 12.1 Å². The average molecular weight is 336 g/mol. The van der Waals surface area contributed by atoms with Gasteiger partial charge in [-0.25, -0.2) is 4.79 Å². The fourth-order valence-electron chi connectivity index (χ4n) is 2.14. The molecule has 0 amide bonds. The Hall–Kier alpha value is -2.38. The van der Waals surface area contributed by atoms with Crippen molar-refractivity contribution in [2.24, 2.45) is 0 Å². The molecule has 2 aromatic rings. The molecule has 0 bridgehead atoms. The van der Waals surface area contributed by atoms with E-state index in [9.17, 15) is 19.8 Å². The number of Topliss-reactive ketones (excluding diaryl/α,β-unsaturated/α-hetero) is 1. The van der Waals surface area contributed by atoms with Gasteiger partial charge in [-0.05, 0) is 19.1 Å². The van der Waals surface area contributed by atoms with Gasteiger partial charge in [0.1, 0.15) is 17.1 Å². The van der Waals surface area contributed by atoms with Gasteiger partial charge in [0.25, 0.3) is 0 Å². The standard InChI is InChI=1S/C16H16O6S/c1-8-11(16(20)22-3)13(18)15(23-8)14(19)12(17)9-5-4-6-10(7-9)21-2/h4-7,14,18-19H,1-3H3/t14-/m0/s1. The highest BCUT2D eigenvalue weighted by molar-refractivity contribution is 7.12. The average Bonchev–Trinajstić information content (AvgIpc) is 2.87. The number of hydrogen-bond donors (Lipinski definition) is 2. The number of benzene rings is 1. The molecule has 1 heterocycles. The van der Waals surface area contributed by atoms with Crippen LogP contribution in [0.25, 0.3) is 0 Å². The summed E-state index contributed by atoms with van der Waals surface area (Å²) in [5, 5.41) is 20.4. The van der Waals surface area contributed by atoms with Crippen molar-refractivity contribution in [3.8, 4) is 11.5 Å². The number of esters is 1. The van der Waals surface area contributed by atoms with Crippen LogP contribution in [-0.4, -0.2) is 36.2 Å². The Labute approximate surface area is 136 Å². The number of hydrogen-bond acceptors (Lipinski definition) is 7. The minimum atomic E-state index is -1.58. The van der Waals surface area contributed by atoms with Crippen LogP contribution < -0.4 is 4.74 Å². The van der Waals surface area contributed by atoms with Crippen molar-refractivity contribution in [1.29, 1.82) is 0 Å². The largest absolute Gasteiger partial charge is 0.506 e. The van der Waals surface area contributed by atoms with Gasteiger partial charge < -0.3 is 19.7 Å². The smallest absolute Gasteiger partial charge is 0.342 e. The molecular weight excluding hydrogens is 320 g/mol. The van der Waals surface area contributed by atoms with Crippen LogP contribution in [0, 0.1) is 6.92 Å². The fraction of sp³-hybridized carbons (Fsp3) is 0.250. The monoisotopic (exact) mass is 336 g/mol. The van der Waals surface area contributed by atoms with Crippen LogP contribution in [0.15, 0.2) is 24.3 Å². The number of rotatable bonds is 5. The minimum Gasteiger partial charge on any atom is -0.506 e. The molecule has 2 N–H and O–H groups in total. The van der Waals surface area contributed by atoms with Gasteiger partial charge in [-0.15, -0.1) is 11.3 Å². The van der Waals surface area contributed by atoms with E-state index in [4.69, 9.17) is 4.74 Å². The molecule has 7 heteroatoms. The summed E-state index contributed by atoms with van der Waals surface area (Å²) in [6.45, 7) is 1.60. The molecule has 1 aromatic heterocycles. The van der Waals surface area contributed by atoms with Gasteiger partial charge in [0.2, 0.25) is 0 Å². The predicted molar refractivity (Wildman–Crippen MR) is 84.3 cm³/mol. The van der Waals surface area contributed by atoms with E-state index in [0.29, 0.717) is 10.6 Å². The van der Waals surface area contributed by atoms with E-state index in [1.807, 2.05) is 0 Å². The Balaban J connectivity index is 2.38. The number of ether oxygens (including phenoxy) is 2. The molecule has 2 rings (SSSR count). The maximum Gasteiger partial charge on any atom is 0.342 e. The van der Waals surface area contributed by atoms with Crippen LogP contribution in [0.5, 0.6) is 11.5 Å². The zero-order chi connectivity index (χ0) is 17.1. The second kappa shape index (κ2) is 6.80. The normalized spacial score (nSPS) is 11.8. The lowest BCUT2D eigenvalue weighted by Gasteiger charge is -2.09. The maximum atomic E-state index is 12.4. The van der Waals surface area contributed by atoms with Gasteiger partial charge in [0, 0.05) is 10.4 Å². The number of aryl methyl sites for hydroxylation is 1. The van der Waals surface area contributed by atoms with Crippen molar-refractivity contribution in [1.82, 2.24) is 0 Å². The van der Waals surface area contributed by atoms with E-state index in [2.05, 4.69) is 4.74 Å². The predicted octanol–water partition coefficient (Wildman–Crippen LogP) is 2.47. The summed E-state index contributed by atoms with van der Waals surface area (Å²) < 4.78 is 9.63. The highest BCUT2D eigenvalue weighted by Crippen LogP contribution is 2.39. The highest BCUT2D eigenvalue weighted by atomic mass is 32.1. The van der Waals surface area contributed by atoms with Gasteiger partial charge in [0.05, 0.1) is 19.1 Å². The first kappa shape index (κ1) is 17.0. The number of carbonyl (C=O) groups is 2. The molecule has 0 unspecified atom stereocenters. The van der Waals surface area contributed by atoms with Crippen LogP contribution >= 0.6 is 11.3 Å². The van der Waals surface area contributed by atoms with Crippen LogP contribution in [0.4, 0.5) is 0 Å². The Morgan fingerprint density at radius 1 is 1.26 bits per heavy atom. The summed E-state index contributed by atoms with van der Waals surface area (Å²) in [6, 6.07) is 6.32. The summed E-state index contributed by atoms with van der Waals surface area (Å²) >= 11 is 0.973.